The highest BCUT2D eigenvalue weighted by Crippen LogP contribution is 2.29. The molecule has 1 aliphatic rings. The number of nitrogens with zero attached hydrogens (tertiary/aromatic N) is 1. The Kier molecular flexibility index (Phi) is 9.88. The Morgan fingerprint density at radius 3 is 2.62 bits per heavy atom. The summed E-state index contributed by atoms with van der Waals surface area (Å²) >= 11 is 0. The minimum atomic E-state index is -0.101. The first-order chi connectivity index (χ1) is 9.24. The molecule has 0 saturated carbocycles. The first-order valence-electron chi connectivity index (χ1n) is 7.04. The second-order valence-corrected chi connectivity index (χ2v) is 5.12. The van der Waals surface area contributed by atoms with E-state index in [4.69, 9.17) is 0 Å². The molecule has 0 bridgehead atoms. The monoisotopic (exact) mass is 334 g/mol. The molecule has 2 nitrogen and oxygen atoms in total. The molecule has 5 heteroatoms. The van der Waals surface area contributed by atoms with Gasteiger partial charge in [0.25, 0.3) is 0 Å². The van der Waals surface area contributed by atoms with Gasteiger partial charge in [0.1, 0.15) is 5.82 Å². The number of allylic oxidation sites excluding steroid dienone is 1. The van der Waals surface area contributed by atoms with Crippen LogP contribution in [0.25, 0.3) is 0 Å². The van der Waals surface area contributed by atoms with Crippen LogP contribution in [0.4, 0.5) is 4.39 Å². The number of hydrogen-bond donors (Lipinski definition) is 1. The van der Waals surface area contributed by atoms with Gasteiger partial charge in [-0.1, -0.05) is 18.2 Å². The summed E-state index contributed by atoms with van der Waals surface area (Å²) in [6, 6.07) is 5.73. The Hall–Kier alpha value is -0.610. The van der Waals surface area contributed by atoms with Crippen LogP contribution in [0.3, 0.4) is 0 Å². The first kappa shape index (κ1) is 20.4. The molecule has 21 heavy (non-hydrogen) atoms. The summed E-state index contributed by atoms with van der Waals surface area (Å²) in [5, 5.41) is 3.37. The van der Waals surface area contributed by atoms with Crippen molar-refractivity contribution in [2.45, 2.75) is 25.8 Å². The van der Waals surface area contributed by atoms with Crippen molar-refractivity contribution >= 4 is 24.8 Å². The van der Waals surface area contributed by atoms with Crippen LogP contribution in [0.1, 0.15) is 30.0 Å². The molecule has 1 aromatic carbocycles. The molecule has 120 valence electrons. The van der Waals surface area contributed by atoms with Gasteiger partial charge >= 0.3 is 0 Å². The molecule has 1 heterocycles. The average Bonchev–Trinajstić information content (AvgIpc) is 2.45. The summed E-state index contributed by atoms with van der Waals surface area (Å²) < 4.78 is 13.8. The van der Waals surface area contributed by atoms with E-state index in [0.717, 1.165) is 50.1 Å². The van der Waals surface area contributed by atoms with Gasteiger partial charge in [-0.05, 0) is 37.0 Å². The quantitative estimate of drug-likeness (QED) is 0.822. The lowest BCUT2D eigenvalue weighted by Gasteiger charge is -2.36. The Labute approximate surface area is 139 Å². The van der Waals surface area contributed by atoms with Crippen molar-refractivity contribution in [3.8, 4) is 0 Å². The van der Waals surface area contributed by atoms with Crippen LogP contribution >= 0.6 is 24.8 Å². The molecular formula is C16H25Cl2FN2. The van der Waals surface area contributed by atoms with Crippen molar-refractivity contribution in [3.05, 3.63) is 47.8 Å². The Bertz CT molecular complexity index is 434. The fraction of sp³-hybridized carbons (Fsp3) is 0.500. The van der Waals surface area contributed by atoms with Gasteiger partial charge in [0.2, 0.25) is 0 Å². The van der Waals surface area contributed by atoms with Crippen molar-refractivity contribution < 1.29 is 4.39 Å². The maximum absolute atomic E-state index is 13.8. The zero-order chi connectivity index (χ0) is 13.7. The van der Waals surface area contributed by atoms with E-state index in [2.05, 4.69) is 22.9 Å². The van der Waals surface area contributed by atoms with Crippen molar-refractivity contribution in [2.75, 3.05) is 26.2 Å². The average molecular weight is 335 g/mol. The molecule has 1 atom stereocenters. The van der Waals surface area contributed by atoms with Gasteiger partial charge in [0.05, 0.1) is 0 Å². The van der Waals surface area contributed by atoms with Gasteiger partial charge in [-0.2, -0.15) is 0 Å². The number of nitrogens with one attached hydrogen (secondary N) is 1. The van der Waals surface area contributed by atoms with E-state index in [1.165, 1.54) is 0 Å². The van der Waals surface area contributed by atoms with E-state index >= 15 is 0 Å². The topological polar surface area (TPSA) is 15.3 Å². The minimum Gasteiger partial charge on any atom is -0.314 e. The summed E-state index contributed by atoms with van der Waals surface area (Å²) in [5.41, 5.74) is 1.92. The molecule has 1 N–H and O–H groups in total. The summed E-state index contributed by atoms with van der Waals surface area (Å²) in [6.07, 6.45) is 3.92. The van der Waals surface area contributed by atoms with Crippen LogP contribution in [0, 0.1) is 12.7 Å². The van der Waals surface area contributed by atoms with E-state index in [1.807, 2.05) is 19.1 Å². The number of rotatable bonds is 5. The molecule has 2 rings (SSSR count). The standard InChI is InChI=1S/C16H23FN2.2ClH/c1-3-4-8-16(19-11-9-18-10-12-19)14-6-5-7-15(17)13(14)2;;/h3,5-7,16,18H,1,4,8-12H2,2H3;2*1H/t16-;;/m0../s1. The van der Waals surface area contributed by atoms with E-state index in [9.17, 15) is 4.39 Å². The highest BCUT2D eigenvalue weighted by atomic mass is 35.5. The molecule has 0 aliphatic carbocycles. The molecule has 0 aromatic heterocycles. The van der Waals surface area contributed by atoms with Gasteiger partial charge in [-0.3, -0.25) is 4.90 Å². The lowest BCUT2D eigenvalue weighted by atomic mass is 9.95. The number of benzene rings is 1. The predicted molar refractivity (Wildman–Crippen MR) is 92.2 cm³/mol. The van der Waals surface area contributed by atoms with Gasteiger partial charge in [0, 0.05) is 32.2 Å². The van der Waals surface area contributed by atoms with Crippen LogP contribution in [0.2, 0.25) is 0 Å². The van der Waals surface area contributed by atoms with Crippen LogP contribution in [-0.2, 0) is 0 Å². The molecule has 1 aliphatic heterocycles. The zero-order valence-electron chi connectivity index (χ0n) is 12.5. The van der Waals surface area contributed by atoms with Crippen LogP contribution in [-0.4, -0.2) is 31.1 Å². The second kappa shape index (κ2) is 10.2. The third-order valence-electron chi connectivity index (χ3n) is 3.91. The summed E-state index contributed by atoms with van der Waals surface area (Å²) in [7, 11) is 0. The number of hydrogen-bond acceptors (Lipinski definition) is 2. The van der Waals surface area contributed by atoms with Crippen LogP contribution in [0.5, 0.6) is 0 Å². The number of piperazine rings is 1. The molecule has 0 spiro atoms. The maximum Gasteiger partial charge on any atom is 0.126 e. The first-order valence-corrected chi connectivity index (χ1v) is 7.04. The van der Waals surface area contributed by atoms with E-state index < -0.39 is 0 Å². The van der Waals surface area contributed by atoms with E-state index in [-0.39, 0.29) is 30.6 Å². The molecule has 0 amide bonds. The smallest absolute Gasteiger partial charge is 0.126 e. The molecule has 1 aromatic rings. The van der Waals surface area contributed by atoms with Gasteiger partial charge < -0.3 is 5.32 Å². The van der Waals surface area contributed by atoms with Crippen LogP contribution in [0.15, 0.2) is 30.9 Å². The minimum absolute atomic E-state index is 0. The zero-order valence-corrected chi connectivity index (χ0v) is 14.1. The Balaban J connectivity index is 0.00000200. The van der Waals surface area contributed by atoms with Gasteiger partial charge in [-0.25, -0.2) is 4.39 Å². The molecular weight excluding hydrogens is 310 g/mol. The molecule has 0 radical (unpaired) electrons. The fourth-order valence-electron chi connectivity index (χ4n) is 2.79. The highest BCUT2D eigenvalue weighted by molar-refractivity contribution is 5.85. The fourth-order valence-corrected chi connectivity index (χ4v) is 2.79. The van der Waals surface area contributed by atoms with Gasteiger partial charge in [-0.15, -0.1) is 31.4 Å². The van der Waals surface area contributed by atoms with E-state index in [0.29, 0.717) is 6.04 Å². The maximum atomic E-state index is 13.8. The van der Waals surface area contributed by atoms with E-state index in [1.54, 1.807) is 6.07 Å². The summed E-state index contributed by atoms with van der Waals surface area (Å²) in [5.74, 6) is -0.101. The Morgan fingerprint density at radius 2 is 2.00 bits per heavy atom. The highest BCUT2D eigenvalue weighted by Gasteiger charge is 2.23. The lowest BCUT2D eigenvalue weighted by molar-refractivity contribution is 0.165. The lowest BCUT2D eigenvalue weighted by Crippen LogP contribution is -2.45. The third kappa shape index (κ3) is 5.26. The van der Waals surface area contributed by atoms with Crippen molar-refractivity contribution in [1.29, 1.82) is 0 Å². The predicted octanol–water partition coefficient (Wildman–Crippen LogP) is 3.89. The molecule has 1 saturated heterocycles. The van der Waals surface area contributed by atoms with Crippen LogP contribution < -0.4 is 5.32 Å². The SMILES string of the molecule is C=CCC[C@@H](c1cccc(F)c1C)N1CCNCC1.Cl.Cl. The van der Waals surface area contributed by atoms with Crippen molar-refractivity contribution in [2.24, 2.45) is 0 Å². The molecule has 1 fully saturated rings. The molecule has 0 unspecified atom stereocenters. The van der Waals surface area contributed by atoms with Crippen molar-refractivity contribution in [3.63, 3.8) is 0 Å². The van der Waals surface area contributed by atoms with Gasteiger partial charge in [0.15, 0.2) is 0 Å². The third-order valence-corrected chi connectivity index (χ3v) is 3.91. The number of halogens is 3. The normalized spacial score (nSPS) is 16.5. The van der Waals surface area contributed by atoms with Crippen molar-refractivity contribution in [1.82, 2.24) is 10.2 Å². The Morgan fingerprint density at radius 1 is 1.33 bits per heavy atom. The summed E-state index contributed by atoms with van der Waals surface area (Å²) in [4.78, 5) is 2.46. The summed E-state index contributed by atoms with van der Waals surface area (Å²) in [6.45, 7) is 9.77. The largest absolute Gasteiger partial charge is 0.314 e. The second-order valence-electron chi connectivity index (χ2n) is 5.12.